The van der Waals surface area contributed by atoms with E-state index in [2.05, 4.69) is 20.4 Å². The minimum Gasteiger partial charge on any atom is -0.394 e. The quantitative estimate of drug-likeness (QED) is 0.673. The van der Waals surface area contributed by atoms with Crippen LogP contribution in [0.15, 0.2) is 24.7 Å². The first-order chi connectivity index (χ1) is 15.2. The molecule has 2 aliphatic heterocycles. The van der Waals surface area contributed by atoms with Crippen molar-refractivity contribution in [2.24, 2.45) is 0 Å². The first-order valence-corrected chi connectivity index (χ1v) is 10.6. The maximum atomic E-state index is 12.5. The molecule has 8 nitrogen and oxygen atoms in total. The summed E-state index contributed by atoms with van der Waals surface area (Å²) in [7, 11) is 0. The first-order valence-electron chi connectivity index (χ1n) is 10.6. The van der Waals surface area contributed by atoms with Crippen molar-refractivity contribution in [3.05, 3.63) is 35.9 Å². The van der Waals surface area contributed by atoms with Gasteiger partial charge in [0.05, 0.1) is 43.2 Å². The van der Waals surface area contributed by atoms with Crippen LogP contribution in [-0.4, -0.2) is 60.5 Å². The third-order valence-corrected chi connectivity index (χ3v) is 5.80. The van der Waals surface area contributed by atoms with Crippen LogP contribution in [0.1, 0.15) is 43.4 Å². The fourth-order valence-electron chi connectivity index (χ4n) is 4.38. The minimum absolute atomic E-state index is 0.0154. The summed E-state index contributed by atoms with van der Waals surface area (Å²) in [5.41, 5.74) is 3.32. The molecule has 2 atom stereocenters. The molecule has 2 aromatic rings. The number of hydrogen-bond acceptors (Lipinski definition) is 6. The smallest absolute Gasteiger partial charge is 0.389 e. The average molecular weight is 450 g/mol. The monoisotopic (exact) mass is 450 g/mol. The third-order valence-electron chi connectivity index (χ3n) is 5.80. The molecular formula is C21H25F3N6O2. The second kappa shape index (κ2) is 8.89. The van der Waals surface area contributed by atoms with E-state index in [1.54, 1.807) is 28.2 Å². The van der Waals surface area contributed by atoms with Gasteiger partial charge in [-0.2, -0.15) is 18.3 Å². The highest BCUT2D eigenvalue weighted by atomic mass is 19.4. The molecule has 0 radical (unpaired) electrons. The summed E-state index contributed by atoms with van der Waals surface area (Å²) in [4.78, 5) is 23.1. The number of aromatic nitrogens is 4. The normalized spacial score (nSPS) is 20.4. The van der Waals surface area contributed by atoms with Gasteiger partial charge in [0.15, 0.2) is 0 Å². The second-order valence-electron chi connectivity index (χ2n) is 8.18. The Morgan fingerprint density at radius 2 is 2.12 bits per heavy atom. The number of aryl methyl sites for hydroxylation is 1. The summed E-state index contributed by atoms with van der Waals surface area (Å²) in [6.07, 6.45) is 3.17. The average Bonchev–Trinajstić information content (AvgIpc) is 3.28. The Kier molecular flexibility index (Phi) is 6.18. The number of fused-ring (bicyclic) bond motifs is 2. The van der Waals surface area contributed by atoms with Gasteiger partial charge in [0, 0.05) is 24.9 Å². The van der Waals surface area contributed by atoms with Crippen LogP contribution in [0.2, 0.25) is 0 Å². The Bertz CT molecular complexity index is 1020. The highest BCUT2D eigenvalue weighted by molar-refractivity contribution is 5.80. The number of rotatable bonds is 7. The van der Waals surface area contributed by atoms with Gasteiger partial charge in [0.25, 0.3) is 0 Å². The molecule has 11 heteroatoms. The molecule has 2 aliphatic rings. The van der Waals surface area contributed by atoms with Crippen LogP contribution in [0.3, 0.4) is 0 Å². The predicted molar refractivity (Wildman–Crippen MR) is 111 cm³/mol. The van der Waals surface area contributed by atoms with Gasteiger partial charge < -0.3 is 15.3 Å². The highest BCUT2D eigenvalue weighted by Crippen LogP contribution is 2.39. The largest absolute Gasteiger partial charge is 0.394 e. The standard InChI is InChI=1S/C21H25F3N6O2/c1-13-10-25-20(27-15-11-26-29(12-15)6-7-31)28-19(13)14-8-16-2-3-17(9-14)30(16)18(32)4-5-21(22,23)24/h8,10-12,16-17,31H,2-7,9H2,1H3,(H,25,27,28). The van der Waals surface area contributed by atoms with Gasteiger partial charge in [-0.15, -0.1) is 0 Å². The molecule has 0 aromatic carbocycles. The van der Waals surface area contributed by atoms with Crippen LogP contribution >= 0.6 is 0 Å². The molecule has 0 aliphatic carbocycles. The van der Waals surface area contributed by atoms with Crippen LogP contribution in [-0.2, 0) is 11.3 Å². The summed E-state index contributed by atoms with van der Waals surface area (Å²) in [6, 6.07) is -0.310. The van der Waals surface area contributed by atoms with Crippen molar-refractivity contribution in [3.63, 3.8) is 0 Å². The van der Waals surface area contributed by atoms with Gasteiger partial charge in [-0.25, -0.2) is 9.97 Å². The molecule has 1 amide bonds. The SMILES string of the molecule is Cc1cnc(Nc2cnn(CCO)c2)nc1C1=CC2CCC(C1)N2C(=O)CCC(F)(F)F. The molecule has 2 bridgehead atoms. The van der Waals surface area contributed by atoms with Crippen molar-refractivity contribution >= 4 is 23.1 Å². The van der Waals surface area contributed by atoms with Gasteiger partial charge in [-0.1, -0.05) is 6.08 Å². The maximum Gasteiger partial charge on any atom is 0.389 e. The van der Waals surface area contributed by atoms with Crippen molar-refractivity contribution in [2.75, 3.05) is 11.9 Å². The fraction of sp³-hybridized carbons (Fsp3) is 0.524. The summed E-state index contributed by atoms with van der Waals surface area (Å²) < 4.78 is 39.2. The number of aliphatic hydroxyl groups is 1. The number of aliphatic hydroxyl groups excluding tert-OH is 1. The Hall–Kier alpha value is -2.95. The Labute approximate surface area is 183 Å². The summed E-state index contributed by atoms with van der Waals surface area (Å²) in [5, 5.41) is 16.2. The molecule has 1 saturated heterocycles. The zero-order valence-corrected chi connectivity index (χ0v) is 17.6. The number of nitrogens with one attached hydrogen (secondary N) is 1. The number of carbonyl (C=O) groups is 1. The summed E-state index contributed by atoms with van der Waals surface area (Å²) in [6.45, 7) is 2.27. The van der Waals surface area contributed by atoms with E-state index in [1.165, 1.54) is 0 Å². The molecule has 0 saturated carbocycles. The number of halogens is 3. The van der Waals surface area contributed by atoms with E-state index in [-0.39, 0.29) is 18.7 Å². The topological polar surface area (TPSA) is 96.2 Å². The molecule has 1 fully saturated rings. The van der Waals surface area contributed by atoms with Crippen molar-refractivity contribution in [2.45, 2.75) is 63.8 Å². The lowest BCUT2D eigenvalue weighted by Gasteiger charge is -2.34. The van der Waals surface area contributed by atoms with Gasteiger partial charge in [0.1, 0.15) is 0 Å². The van der Waals surface area contributed by atoms with E-state index >= 15 is 0 Å². The Morgan fingerprint density at radius 3 is 2.84 bits per heavy atom. The third kappa shape index (κ3) is 4.93. The van der Waals surface area contributed by atoms with Gasteiger partial charge in [-0.05, 0) is 37.3 Å². The molecule has 32 heavy (non-hydrogen) atoms. The van der Waals surface area contributed by atoms with Gasteiger partial charge >= 0.3 is 6.18 Å². The molecule has 172 valence electrons. The predicted octanol–water partition coefficient (Wildman–Crippen LogP) is 3.21. The minimum atomic E-state index is -4.33. The molecule has 2 unspecified atom stereocenters. The molecule has 0 spiro atoms. The van der Waals surface area contributed by atoms with E-state index in [1.807, 2.05) is 13.0 Å². The van der Waals surface area contributed by atoms with Gasteiger partial charge in [0.2, 0.25) is 11.9 Å². The van der Waals surface area contributed by atoms with Crippen molar-refractivity contribution < 1.29 is 23.1 Å². The lowest BCUT2D eigenvalue weighted by atomic mass is 9.96. The van der Waals surface area contributed by atoms with Crippen LogP contribution in [0.25, 0.3) is 5.57 Å². The number of hydrogen-bond donors (Lipinski definition) is 2. The highest BCUT2D eigenvalue weighted by Gasteiger charge is 2.41. The first kappa shape index (κ1) is 22.3. The van der Waals surface area contributed by atoms with Crippen molar-refractivity contribution in [3.8, 4) is 0 Å². The van der Waals surface area contributed by atoms with Crippen molar-refractivity contribution in [1.82, 2.24) is 24.6 Å². The number of nitrogens with zero attached hydrogens (tertiary/aromatic N) is 5. The molecule has 4 rings (SSSR count). The van der Waals surface area contributed by atoms with Gasteiger partial charge in [-0.3, -0.25) is 9.48 Å². The molecular weight excluding hydrogens is 425 g/mol. The lowest BCUT2D eigenvalue weighted by Crippen LogP contribution is -2.43. The number of carbonyl (C=O) groups excluding carboxylic acids is 1. The second-order valence-corrected chi connectivity index (χ2v) is 8.18. The lowest BCUT2D eigenvalue weighted by molar-refractivity contribution is -0.150. The molecule has 4 heterocycles. The van der Waals surface area contributed by atoms with Crippen LogP contribution in [0.5, 0.6) is 0 Å². The van der Waals surface area contributed by atoms with E-state index in [0.717, 1.165) is 29.7 Å². The van der Waals surface area contributed by atoms with Crippen LogP contribution < -0.4 is 5.32 Å². The van der Waals surface area contributed by atoms with E-state index in [4.69, 9.17) is 5.11 Å². The summed E-state index contributed by atoms with van der Waals surface area (Å²) >= 11 is 0. The Morgan fingerprint density at radius 1 is 1.31 bits per heavy atom. The van der Waals surface area contributed by atoms with Crippen LogP contribution in [0, 0.1) is 6.92 Å². The van der Waals surface area contributed by atoms with Crippen LogP contribution in [0.4, 0.5) is 24.8 Å². The van der Waals surface area contributed by atoms with E-state index in [0.29, 0.717) is 24.6 Å². The fourth-order valence-corrected chi connectivity index (χ4v) is 4.38. The number of amides is 1. The number of alkyl halides is 3. The number of anilines is 2. The van der Waals surface area contributed by atoms with Crippen molar-refractivity contribution in [1.29, 1.82) is 0 Å². The van der Waals surface area contributed by atoms with E-state index in [9.17, 15) is 18.0 Å². The molecule has 2 aromatic heterocycles. The zero-order valence-electron chi connectivity index (χ0n) is 17.6. The Balaban J connectivity index is 1.50. The van der Waals surface area contributed by atoms with E-state index < -0.39 is 24.9 Å². The molecule has 2 N–H and O–H groups in total. The zero-order chi connectivity index (χ0) is 22.9. The maximum absolute atomic E-state index is 12.5. The summed E-state index contributed by atoms with van der Waals surface area (Å²) in [5.74, 6) is -0.0436.